The van der Waals surface area contributed by atoms with Gasteiger partial charge in [-0.1, -0.05) is 13.3 Å². The molecule has 0 bridgehead atoms. The average Bonchev–Trinajstić information content (AvgIpc) is 2.61. The number of aromatic nitrogens is 2. The molecule has 0 radical (unpaired) electrons. The van der Waals surface area contributed by atoms with Gasteiger partial charge in [-0.2, -0.15) is 16.9 Å². The molecule has 0 aliphatic heterocycles. The van der Waals surface area contributed by atoms with E-state index in [1.165, 1.54) is 0 Å². The highest BCUT2D eigenvalue weighted by molar-refractivity contribution is 7.99. The van der Waals surface area contributed by atoms with E-state index in [1.807, 2.05) is 23.5 Å². The molecule has 18 heavy (non-hydrogen) atoms. The molecule has 104 valence electrons. The van der Waals surface area contributed by atoms with E-state index in [2.05, 4.69) is 17.3 Å². The summed E-state index contributed by atoms with van der Waals surface area (Å²) < 4.78 is 1.82. The molecular weight excluding hydrogens is 248 g/mol. The predicted octanol–water partition coefficient (Wildman–Crippen LogP) is 1.48. The summed E-state index contributed by atoms with van der Waals surface area (Å²) in [4.78, 5) is 0. The summed E-state index contributed by atoms with van der Waals surface area (Å²) in [6.45, 7) is 3.26. The number of nitrogens with one attached hydrogen (secondary N) is 1. The number of hydrogen-bond acceptors (Lipinski definition) is 5. The number of anilines is 2. The highest BCUT2D eigenvalue weighted by atomic mass is 32.2. The van der Waals surface area contributed by atoms with Gasteiger partial charge in [0.05, 0.1) is 11.4 Å². The molecule has 5 nitrogen and oxygen atoms in total. The first kappa shape index (κ1) is 15.2. The van der Waals surface area contributed by atoms with Crippen LogP contribution in [-0.2, 0) is 13.5 Å². The van der Waals surface area contributed by atoms with E-state index in [-0.39, 0.29) is 6.61 Å². The van der Waals surface area contributed by atoms with Crippen molar-refractivity contribution in [1.82, 2.24) is 9.78 Å². The van der Waals surface area contributed by atoms with Crippen molar-refractivity contribution in [3.8, 4) is 0 Å². The maximum absolute atomic E-state index is 8.67. The minimum Gasteiger partial charge on any atom is -0.396 e. The van der Waals surface area contributed by atoms with E-state index in [4.69, 9.17) is 10.8 Å². The summed E-state index contributed by atoms with van der Waals surface area (Å²) in [5, 5.41) is 16.4. The first-order chi connectivity index (χ1) is 8.70. The predicted molar refractivity (Wildman–Crippen MR) is 79.1 cm³/mol. The molecule has 0 unspecified atom stereocenters. The van der Waals surface area contributed by atoms with E-state index in [0.29, 0.717) is 0 Å². The van der Waals surface area contributed by atoms with Gasteiger partial charge in [0, 0.05) is 26.0 Å². The summed E-state index contributed by atoms with van der Waals surface area (Å²) in [6.07, 6.45) is 2.84. The normalized spacial score (nSPS) is 10.8. The van der Waals surface area contributed by atoms with Crippen LogP contribution in [0.2, 0.25) is 0 Å². The van der Waals surface area contributed by atoms with Gasteiger partial charge in [0.2, 0.25) is 0 Å². The Kier molecular flexibility index (Phi) is 6.97. The molecule has 1 heterocycles. The van der Waals surface area contributed by atoms with Crippen molar-refractivity contribution in [3.63, 3.8) is 0 Å². The monoisotopic (exact) mass is 272 g/mol. The maximum Gasteiger partial charge on any atom is 0.147 e. The van der Waals surface area contributed by atoms with E-state index in [9.17, 15) is 0 Å². The van der Waals surface area contributed by atoms with Gasteiger partial charge in [-0.15, -0.1) is 0 Å². The lowest BCUT2D eigenvalue weighted by atomic mass is 10.2. The molecule has 0 amide bonds. The number of nitrogens with zero attached hydrogens (tertiary/aromatic N) is 2. The highest BCUT2D eigenvalue weighted by Crippen LogP contribution is 2.22. The smallest absolute Gasteiger partial charge is 0.147 e. The fraction of sp³-hybridized carbons (Fsp3) is 0.750. The summed E-state index contributed by atoms with van der Waals surface area (Å²) in [7, 11) is 1.91. The van der Waals surface area contributed by atoms with Gasteiger partial charge in [-0.25, -0.2) is 0 Å². The van der Waals surface area contributed by atoms with Gasteiger partial charge in [0.25, 0.3) is 0 Å². The molecule has 0 aliphatic carbocycles. The van der Waals surface area contributed by atoms with E-state index in [1.54, 1.807) is 0 Å². The van der Waals surface area contributed by atoms with Crippen molar-refractivity contribution in [2.45, 2.75) is 26.2 Å². The summed E-state index contributed by atoms with van der Waals surface area (Å²) in [5.41, 5.74) is 7.83. The van der Waals surface area contributed by atoms with Gasteiger partial charge >= 0.3 is 0 Å². The van der Waals surface area contributed by atoms with Crippen LogP contribution in [0.4, 0.5) is 11.5 Å². The van der Waals surface area contributed by atoms with E-state index in [0.717, 1.165) is 54.5 Å². The third kappa shape index (κ3) is 4.42. The number of nitrogens with two attached hydrogens (primary N) is 1. The first-order valence-electron chi connectivity index (χ1n) is 6.44. The van der Waals surface area contributed by atoms with E-state index >= 15 is 0 Å². The van der Waals surface area contributed by atoms with Crippen LogP contribution in [0.15, 0.2) is 0 Å². The SMILES string of the molecule is CCCc1nn(C)c(NCCSCCCO)c1N. The molecule has 1 rings (SSSR count). The molecule has 0 aliphatic rings. The van der Waals surface area contributed by atoms with Crippen molar-refractivity contribution in [2.75, 3.05) is 35.7 Å². The zero-order valence-corrected chi connectivity index (χ0v) is 12.1. The Morgan fingerprint density at radius 1 is 1.44 bits per heavy atom. The number of aryl methyl sites for hydroxylation is 2. The lowest BCUT2D eigenvalue weighted by Gasteiger charge is -2.07. The third-order valence-corrected chi connectivity index (χ3v) is 3.70. The molecular formula is C12H24N4OS. The van der Waals surface area contributed by atoms with Gasteiger partial charge in [0.1, 0.15) is 5.82 Å². The standard InChI is InChI=1S/C12H24N4OS/c1-3-5-10-11(13)12(16(2)15-10)14-6-9-18-8-4-7-17/h14,17H,3-9,13H2,1-2H3. The minimum atomic E-state index is 0.273. The Morgan fingerprint density at radius 2 is 2.22 bits per heavy atom. The van der Waals surface area contributed by atoms with Crippen LogP contribution in [0.3, 0.4) is 0 Å². The maximum atomic E-state index is 8.67. The molecule has 4 N–H and O–H groups in total. The van der Waals surface area contributed by atoms with Gasteiger partial charge in [-0.3, -0.25) is 4.68 Å². The molecule has 0 saturated carbocycles. The van der Waals surface area contributed by atoms with E-state index < -0.39 is 0 Å². The Hall–Kier alpha value is -0.880. The molecule has 1 aromatic heterocycles. The van der Waals surface area contributed by atoms with Crippen LogP contribution in [-0.4, -0.2) is 39.5 Å². The van der Waals surface area contributed by atoms with Crippen LogP contribution < -0.4 is 11.1 Å². The lowest BCUT2D eigenvalue weighted by Crippen LogP contribution is -2.10. The number of aliphatic hydroxyl groups is 1. The zero-order valence-electron chi connectivity index (χ0n) is 11.3. The Morgan fingerprint density at radius 3 is 2.89 bits per heavy atom. The quantitative estimate of drug-likeness (QED) is 0.594. The third-order valence-electron chi connectivity index (χ3n) is 2.63. The number of hydrogen-bond donors (Lipinski definition) is 3. The van der Waals surface area contributed by atoms with Gasteiger partial charge < -0.3 is 16.2 Å². The Bertz CT molecular complexity index is 354. The molecule has 0 fully saturated rings. The molecule has 1 aromatic rings. The van der Waals surface area contributed by atoms with Crippen molar-refractivity contribution in [2.24, 2.45) is 7.05 Å². The second-order valence-corrected chi connectivity index (χ2v) is 5.42. The molecule has 0 saturated heterocycles. The lowest BCUT2D eigenvalue weighted by molar-refractivity contribution is 0.296. The van der Waals surface area contributed by atoms with Crippen LogP contribution in [0.5, 0.6) is 0 Å². The Labute approximate surface area is 113 Å². The summed E-state index contributed by atoms with van der Waals surface area (Å²) >= 11 is 1.83. The van der Waals surface area contributed by atoms with Crippen LogP contribution in [0.25, 0.3) is 0 Å². The summed E-state index contributed by atoms with van der Waals surface area (Å²) in [5.74, 6) is 2.93. The summed E-state index contributed by atoms with van der Waals surface area (Å²) in [6, 6.07) is 0. The fourth-order valence-corrected chi connectivity index (χ4v) is 2.52. The van der Waals surface area contributed by atoms with Crippen molar-refractivity contribution in [1.29, 1.82) is 0 Å². The molecule has 0 atom stereocenters. The molecule has 0 aromatic carbocycles. The average molecular weight is 272 g/mol. The topological polar surface area (TPSA) is 76.1 Å². The molecule has 0 spiro atoms. The minimum absolute atomic E-state index is 0.273. The molecule has 6 heteroatoms. The zero-order chi connectivity index (χ0) is 13.4. The number of rotatable bonds is 9. The second kappa shape index (κ2) is 8.26. The van der Waals surface area contributed by atoms with Crippen molar-refractivity contribution >= 4 is 23.3 Å². The van der Waals surface area contributed by atoms with Crippen molar-refractivity contribution in [3.05, 3.63) is 5.69 Å². The van der Waals surface area contributed by atoms with Crippen LogP contribution in [0.1, 0.15) is 25.5 Å². The number of thioether (sulfide) groups is 1. The number of aliphatic hydroxyl groups excluding tert-OH is 1. The van der Waals surface area contributed by atoms with Gasteiger partial charge in [-0.05, 0) is 18.6 Å². The Balaban J connectivity index is 2.37. The largest absolute Gasteiger partial charge is 0.396 e. The first-order valence-corrected chi connectivity index (χ1v) is 7.60. The van der Waals surface area contributed by atoms with Crippen LogP contribution >= 0.6 is 11.8 Å². The second-order valence-electron chi connectivity index (χ2n) is 4.20. The van der Waals surface area contributed by atoms with Crippen molar-refractivity contribution < 1.29 is 5.11 Å². The highest BCUT2D eigenvalue weighted by Gasteiger charge is 2.11. The van der Waals surface area contributed by atoms with Gasteiger partial charge in [0.15, 0.2) is 0 Å². The fourth-order valence-electron chi connectivity index (χ4n) is 1.74. The number of nitrogen functional groups attached to an aromatic ring is 1. The van der Waals surface area contributed by atoms with Crippen LogP contribution in [0, 0.1) is 0 Å².